The lowest BCUT2D eigenvalue weighted by molar-refractivity contribution is 0.101. The number of aryl methyl sites for hydroxylation is 1. The largest absolute Gasteiger partial charge is 0.483 e. The third kappa shape index (κ3) is 2.71. The van der Waals surface area contributed by atoms with E-state index in [9.17, 15) is 4.79 Å². The van der Waals surface area contributed by atoms with E-state index in [0.717, 1.165) is 24.2 Å². The number of rotatable bonds is 5. The van der Waals surface area contributed by atoms with Crippen molar-refractivity contribution >= 4 is 5.78 Å². The van der Waals surface area contributed by atoms with E-state index in [-0.39, 0.29) is 12.4 Å². The van der Waals surface area contributed by atoms with Gasteiger partial charge >= 0.3 is 0 Å². The van der Waals surface area contributed by atoms with Crippen molar-refractivity contribution in [1.82, 2.24) is 10.1 Å². The second-order valence-corrected chi connectivity index (χ2v) is 5.17. The van der Waals surface area contributed by atoms with Gasteiger partial charge in [-0.15, -0.1) is 0 Å². The van der Waals surface area contributed by atoms with E-state index in [2.05, 4.69) is 10.1 Å². The molecule has 20 heavy (non-hydrogen) atoms. The van der Waals surface area contributed by atoms with E-state index in [4.69, 9.17) is 9.26 Å². The van der Waals surface area contributed by atoms with Crippen LogP contribution >= 0.6 is 0 Å². The molecule has 0 radical (unpaired) electrons. The second kappa shape index (κ2) is 5.07. The fourth-order valence-corrected chi connectivity index (χ4v) is 2.01. The quantitative estimate of drug-likeness (QED) is 0.783. The Hall–Kier alpha value is -2.17. The lowest BCUT2D eigenvalue weighted by atomic mass is 10.1. The highest BCUT2D eigenvalue weighted by Gasteiger charge is 2.28. The number of carbonyl (C=O) groups excluding carboxylic acids is 1. The number of nitrogens with zero attached hydrogens (tertiary/aromatic N) is 2. The number of hydrogen-bond donors (Lipinski definition) is 0. The summed E-state index contributed by atoms with van der Waals surface area (Å²) < 4.78 is 10.8. The molecule has 1 saturated carbocycles. The van der Waals surface area contributed by atoms with Crippen LogP contribution in [-0.4, -0.2) is 15.9 Å². The van der Waals surface area contributed by atoms with E-state index in [1.165, 1.54) is 6.92 Å². The van der Waals surface area contributed by atoms with Crippen LogP contribution in [0.15, 0.2) is 22.7 Å². The maximum Gasteiger partial charge on any atom is 0.264 e. The third-order valence-corrected chi connectivity index (χ3v) is 3.29. The van der Waals surface area contributed by atoms with Crippen LogP contribution in [0.1, 0.15) is 53.3 Å². The highest BCUT2D eigenvalue weighted by atomic mass is 16.5. The fourth-order valence-electron chi connectivity index (χ4n) is 2.01. The summed E-state index contributed by atoms with van der Waals surface area (Å²) in [5.41, 5.74) is 1.60. The van der Waals surface area contributed by atoms with Crippen LogP contribution in [0, 0.1) is 6.92 Å². The zero-order chi connectivity index (χ0) is 14.1. The summed E-state index contributed by atoms with van der Waals surface area (Å²) >= 11 is 0. The zero-order valence-electron chi connectivity index (χ0n) is 11.5. The van der Waals surface area contributed by atoms with Crippen molar-refractivity contribution in [2.75, 3.05) is 0 Å². The molecule has 104 valence electrons. The first kappa shape index (κ1) is 12.8. The number of Topliss-reactive ketones (excluding diaryl/α,β-unsaturated/α-hetero) is 1. The van der Waals surface area contributed by atoms with Crippen LogP contribution in [0.2, 0.25) is 0 Å². The van der Waals surface area contributed by atoms with Crippen molar-refractivity contribution in [3.05, 3.63) is 41.0 Å². The molecule has 1 aromatic heterocycles. The van der Waals surface area contributed by atoms with Crippen molar-refractivity contribution in [2.45, 2.75) is 39.2 Å². The van der Waals surface area contributed by atoms with E-state index >= 15 is 0 Å². The monoisotopic (exact) mass is 272 g/mol. The van der Waals surface area contributed by atoms with Gasteiger partial charge in [0.15, 0.2) is 18.2 Å². The molecule has 1 aliphatic carbocycles. The average Bonchev–Trinajstić information content (AvgIpc) is 3.15. The Bertz CT molecular complexity index is 644. The molecule has 0 unspecified atom stereocenters. The second-order valence-electron chi connectivity index (χ2n) is 5.17. The third-order valence-electron chi connectivity index (χ3n) is 3.29. The molecule has 2 aromatic rings. The molecule has 0 amide bonds. The Morgan fingerprint density at radius 3 is 2.95 bits per heavy atom. The number of aromatic nitrogens is 2. The van der Waals surface area contributed by atoms with E-state index in [1.54, 1.807) is 6.07 Å². The average molecular weight is 272 g/mol. The van der Waals surface area contributed by atoms with Gasteiger partial charge in [0.25, 0.3) is 5.89 Å². The predicted molar refractivity (Wildman–Crippen MR) is 71.8 cm³/mol. The Kier molecular flexibility index (Phi) is 3.26. The molecular formula is C15H16N2O3. The van der Waals surface area contributed by atoms with Crippen molar-refractivity contribution < 1.29 is 14.1 Å². The molecule has 0 atom stereocenters. The first-order chi connectivity index (χ1) is 9.63. The minimum Gasteiger partial charge on any atom is -0.483 e. The summed E-state index contributed by atoms with van der Waals surface area (Å²) in [6.45, 7) is 3.66. The first-order valence-corrected chi connectivity index (χ1v) is 6.70. The molecule has 0 N–H and O–H groups in total. The number of ketones is 1. The molecule has 3 rings (SSSR count). The highest BCUT2D eigenvalue weighted by Crippen LogP contribution is 2.38. The van der Waals surface area contributed by atoms with E-state index < -0.39 is 0 Å². The van der Waals surface area contributed by atoms with Crippen molar-refractivity contribution in [3.8, 4) is 5.75 Å². The van der Waals surface area contributed by atoms with Gasteiger partial charge in [0.1, 0.15) is 5.75 Å². The lowest BCUT2D eigenvalue weighted by Crippen LogP contribution is -2.02. The highest BCUT2D eigenvalue weighted by molar-refractivity contribution is 5.96. The summed E-state index contributed by atoms with van der Waals surface area (Å²) in [7, 11) is 0. The molecule has 0 bridgehead atoms. The van der Waals surface area contributed by atoms with Crippen molar-refractivity contribution in [2.24, 2.45) is 0 Å². The minimum atomic E-state index is -0.0239. The number of ether oxygens (including phenoxy) is 1. The van der Waals surface area contributed by atoms with Gasteiger partial charge in [-0.25, -0.2) is 0 Å². The summed E-state index contributed by atoms with van der Waals surface area (Å²) in [5, 5.41) is 3.93. The molecule has 0 aliphatic heterocycles. The molecule has 1 heterocycles. The van der Waals surface area contributed by atoms with Crippen molar-refractivity contribution in [3.63, 3.8) is 0 Å². The summed E-state index contributed by atoms with van der Waals surface area (Å²) in [6, 6.07) is 5.51. The van der Waals surface area contributed by atoms with Gasteiger partial charge in [-0.2, -0.15) is 4.98 Å². The van der Waals surface area contributed by atoms with Crippen LogP contribution in [0.5, 0.6) is 5.75 Å². The molecule has 5 nitrogen and oxygen atoms in total. The Balaban J connectivity index is 1.73. The molecule has 0 spiro atoms. The molecule has 1 fully saturated rings. The number of hydrogen-bond acceptors (Lipinski definition) is 5. The van der Waals surface area contributed by atoms with Gasteiger partial charge in [0.2, 0.25) is 0 Å². The normalized spacial score (nSPS) is 14.3. The summed E-state index contributed by atoms with van der Waals surface area (Å²) in [4.78, 5) is 15.9. The summed E-state index contributed by atoms with van der Waals surface area (Å²) in [6.07, 6.45) is 2.26. The molecule has 0 saturated heterocycles. The van der Waals surface area contributed by atoms with Crippen LogP contribution in [0.4, 0.5) is 0 Å². The minimum absolute atomic E-state index is 0.0239. The zero-order valence-corrected chi connectivity index (χ0v) is 11.5. The van der Waals surface area contributed by atoms with Gasteiger partial charge in [-0.3, -0.25) is 4.79 Å². The Morgan fingerprint density at radius 1 is 1.45 bits per heavy atom. The maximum absolute atomic E-state index is 11.6. The molecule has 1 aromatic carbocycles. The van der Waals surface area contributed by atoms with Gasteiger partial charge < -0.3 is 9.26 Å². The van der Waals surface area contributed by atoms with Crippen LogP contribution in [0.25, 0.3) is 0 Å². The standard InChI is InChI=1S/C15H16N2O3/c1-9-3-6-12(10(2)18)13(7-9)19-8-14-16-15(17-20-14)11-4-5-11/h3,6-7,11H,4-5,8H2,1-2H3. The Morgan fingerprint density at radius 2 is 2.25 bits per heavy atom. The van der Waals surface area contributed by atoms with Gasteiger partial charge in [-0.1, -0.05) is 11.2 Å². The van der Waals surface area contributed by atoms with Crippen LogP contribution in [0.3, 0.4) is 0 Å². The fraction of sp³-hybridized carbons (Fsp3) is 0.400. The van der Waals surface area contributed by atoms with Crippen molar-refractivity contribution in [1.29, 1.82) is 0 Å². The smallest absolute Gasteiger partial charge is 0.264 e. The summed E-state index contributed by atoms with van der Waals surface area (Å²) in [5.74, 6) is 2.20. The van der Waals surface area contributed by atoms with E-state index in [0.29, 0.717) is 23.1 Å². The predicted octanol–water partition coefficient (Wildman–Crippen LogP) is 3.04. The lowest BCUT2D eigenvalue weighted by Gasteiger charge is -2.08. The SMILES string of the molecule is CC(=O)c1ccc(C)cc1OCc1nc(C2CC2)no1. The maximum atomic E-state index is 11.6. The first-order valence-electron chi connectivity index (χ1n) is 6.70. The van der Waals surface area contributed by atoms with Gasteiger partial charge in [0.05, 0.1) is 5.56 Å². The molecule has 5 heteroatoms. The van der Waals surface area contributed by atoms with Crippen LogP contribution in [-0.2, 0) is 6.61 Å². The topological polar surface area (TPSA) is 65.2 Å². The number of carbonyl (C=O) groups is 1. The van der Waals surface area contributed by atoms with E-state index in [1.807, 2.05) is 19.1 Å². The molecular weight excluding hydrogens is 256 g/mol. The van der Waals surface area contributed by atoms with Gasteiger partial charge in [0, 0.05) is 5.92 Å². The Labute approximate surface area is 116 Å². The number of benzene rings is 1. The van der Waals surface area contributed by atoms with Crippen LogP contribution < -0.4 is 4.74 Å². The van der Waals surface area contributed by atoms with Gasteiger partial charge in [-0.05, 0) is 44.4 Å². The molecule has 1 aliphatic rings.